The molecule has 0 spiro atoms. The minimum absolute atomic E-state index is 0.742. The Kier molecular flexibility index (Phi) is 3.49. The van der Waals surface area contributed by atoms with Gasteiger partial charge in [-0.15, -0.1) is 0 Å². The summed E-state index contributed by atoms with van der Waals surface area (Å²) in [5, 5.41) is 0. The van der Waals surface area contributed by atoms with Crippen molar-refractivity contribution in [3.05, 3.63) is 20.5 Å². The Hall–Kier alpha value is -0.320. The van der Waals surface area contributed by atoms with Gasteiger partial charge in [-0.3, -0.25) is 4.98 Å². The summed E-state index contributed by atoms with van der Waals surface area (Å²) in [6.45, 7) is 4.85. The van der Waals surface area contributed by atoms with Crippen LogP contribution in [0, 0.1) is 10.5 Å². The molecule has 0 N–H and O–H groups in total. The Morgan fingerprint density at radius 3 is 2.80 bits per heavy atom. The molecule has 0 saturated heterocycles. The van der Waals surface area contributed by atoms with Gasteiger partial charge in [0.25, 0.3) is 0 Å². The van der Waals surface area contributed by atoms with E-state index in [1.165, 1.54) is 27.7 Å². The van der Waals surface area contributed by atoms with Crippen LogP contribution in [0.1, 0.15) is 36.7 Å². The number of halogens is 1. The van der Waals surface area contributed by atoms with Gasteiger partial charge < -0.3 is 4.74 Å². The lowest BCUT2D eigenvalue weighted by Gasteiger charge is -2.20. The molecule has 0 aromatic carbocycles. The van der Waals surface area contributed by atoms with Gasteiger partial charge in [0.2, 0.25) is 0 Å². The highest BCUT2D eigenvalue weighted by molar-refractivity contribution is 14.1. The van der Waals surface area contributed by atoms with Crippen molar-refractivity contribution in [3.63, 3.8) is 0 Å². The van der Waals surface area contributed by atoms with Gasteiger partial charge in [-0.1, -0.05) is 0 Å². The molecule has 0 unspecified atom stereocenters. The van der Waals surface area contributed by atoms with Crippen LogP contribution in [0.4, 0.5) is 0 Å². The lowest BCUT2D eigenvalue weighted by molar-refractivity contribution is 0.331. The van der Waals surface area contributed by atoms with Crippen LogP contribution in [0.3, 0.4) is 0 Å². The standard InChI is InChI=1S/C12H16INO/c1-3-15-12-9-6-4-5-7-10(9)14-8(2)11(12)13/h3-7H2,1-2H3. The third kappa shape index (κ3) is 2.12. The summed E-state index contributed by atoms with van der Waals surface area (Å²) < 4.78 is 6.96. The zero-order valence-electron chi connectivity index (χ0n) is 9.27. The number of rotatable bonds is 2. The van der Waals surface area contributed by atoms with Crippen LogP contribution in [-0.2, 0) is 12.8 Å². The van der Waals surface area contributed by atoms with Gasteiger partial charge in [0, 0.05) is 11.3 Å². The van der Waals surface area contributed by atoms with Crippen molar-refractivity contribution >= 4 is 22.6 Å². The highest BCUT2D eigenvalue weighted by Gasteiger charge is 2.19. The van der Waals surface area contributed by atoms with Crippen LogP contribution in [0.15, 0.2) is 0 Å². The van der Waals surface area contributed by atoms with Gasteiger partial charge in [-0.05, 0) is 62.1 Å². The molecular weight excluding hydrogens is 301 g/mol. The molecule has 82 valence electrons. The Labute approximate surface area is 105 Å². The van der Waals surface area contributed by atoms with Crippen molar-refractivity contribution in [2.75, 3.05) is 6.61 Å². The van der Waals surface area contributed by atoms with E-state index >= 15 is 0 Å². The number of hydrogen-bond donors (Lipinski definition) is 0. The molecule has 0 aliphatic heterocycles. The summed E-state index contributed by atoms with van der Waals surface area (Å²) in [6.07, 6.45) is 4.79. The lowest BCUT2D eigenvalue weighted by atomic mass is 9.95. The van der Waals surface area contributed by atoms with E-state index in [4.69, 9.17) is 4.74 Å². The highest BCUT2D eigenvalue weighted by Crippen LogP contribution is 2.34. The van der Waals surface area contributed by atoms with Crippen LogP contribution < -0.4 is 4.74 Å². The number of nitrogens with zero attached hydrogens (tertiary/aromatic N) is 1. The van der Waals surface area contributed by atoms with Crippen molar-refractivity contribution < 1.29 is 4.74 Å². The molecule has 1 aromatic heterocycles. The van der Waals surface area contributed by atoms with Crippen LogP contribution >= 0.6 is 22.6 Å². The summed E-state index contributed by atoms with van der Waals surface area (Å²) in [5.74, 6) is 1.10. The first-order valence-electron chi connectivity index (χ1n) is 5.54. The molecule has 2 nitrogen and oxygen atoms in total. The molecule has 0 fully saturated rings. The van der Waals surface area contributed by atoms with E-state index in [9.17, 15) is 0 Å². The normalized spacial score (nSPS) is 14.9. The van der Waals surface area contributed by atoms with Gasteiger partial charge in [0.15, 0.2) is 0 Å². The second-order valence-electron chi connectivity index (χ2n) is 3.91. The average Bonchev–Trinajstić information content (AvgIpc) is 2.25. The fourth-order valence-electron chi connectivity index (χ4n) is 2.10. The van der Waals surface area contributed by atoms with E-state index in [1.807, 2.05) is 6.92 Å². The van der Waals surface area contributed by atoms with Gasteiger partial charge in [0.1, 0.15) is 5.75 Å². The maximum Gasteiger partial charge on any atom is 0.139 e. The monoisotopic (exact) mass is 317 g/mol. The highest BCUT2D eigenvalue weighted by atomic mass is 127. The number of aryl methyl sites for hydroxylation is 2. The number of hydrogen-bond acceptors (Lipinski definition) is 2. The molecule has 2 rings (SSSR count). The minimum atomic E-state index is 0.742. The Balaban J connectivity index is 2.52. The summed E-state index contributed by atoms with van der Waals surface area (Å²) in [4.78, 5) is 4.67. The Morgan fingerprint density at radius 2 is 2.07 bits per heavy atom. The number of fused-ring (bicyclic) bond motifs is 1. The fourth-order valence-corrected chi connectivity index (χ4v) is 2.70. The number of ether oxygens (including phenoxy) is 1. The predicted octanol–water partition coefficient (Wildman–Crippen LogP) is 3.27. The lowest BCUT2D eigenvalue weighted by Crippen LogP contribution is -2.11. The fraction of sp³-hybridized carbons (Fsp3) is 0.583. The molecule has 0 atom stereocenters. The molecule has 3 heteroatoms. The number of aromatic nitrogens is 1. The quantitative estimate of drug-likeness (QED) is 0.781. The van der Waals surface area contributed by atoms with E-state index < -0.39 is 0 Å². The zero-order chi connectivity index (χ0) is 10.8. The van der Waals surface area contributed by atoms with Crippen molar-refractivity contribution in [3.8, 4) is 5.75 Å². The van der Waals surface area contributed by atoms with E-state index in [1.54, 1.807) is 0 Å². The molecular formula is C12H16INO. The third-order valence-corrected chi connectivity index (χ3v) is 4.09. The molecule has 0 radical (unpaired) electrons. The topological polar surface area (TPSA) is 22.1 Å². The maximum atomic E-state index is 5.77. The summed E-state index contributed by atoms with van der Waals surface area (Å²) in [7, 11) is 0. The average molecular weight is 317 g/mol. The first-order chi connectivity index (χ1) is 7.24. The van der Waals surface area contributed by atoms with E-state index in [2.05, 4.69) is 34.5 Å². The molecule has 0 amide bonds. The van der Waals surface area contributed by atoms with Crippen molar-refractivity contribution in [2.45, 2.75) is 39.5 Å². The van der Waals surface area contributed by atoms with Gasteiger partial charge >= 0.3 is 0 Å². The summed E-state index contributed by atoms with van der Waals surface area (Å²) in [6, 6.07) is 0. The summed E-state index contributed by atoms with van der Waals surface area (Å²) in [5.41, 5.74) is 3.74. The Bertz CT molecular complexity index is 376. The molecule has 1 aromatic rings. The first kappa shape index (κ1) is 11.2. The van der Waals surface area contributed by atoms with Crippen molar-refractivity contribution in [1.82, 2.24) is 4.98 Å². The molecule has 0 saturated carbocycles. The maximum absolute atomic E-state index is 5.77. The number of pyridine rings is 1. The predicted molar refractivity (Wildman–Crippen MR) is 69.5 cm³/mol. The second-order valence-corrected chi connectivity index (χ2v) is 4.98. The largest absolute Gasteiger partial charge is 0.492 e. The molecule has 1 aliphatic carbocycles. The SMILES string of the molecule is CCOc1c(I)c(C)nc2c1CCCC2. The van der Waals surface area contributed by atoms with Crippen LogP contribution in [0.25, 0.3) is 0 Å². The molecule has 0 bridgehead atoms. The van der Waals surface area contributed by atoms with Gasteiger partial charge in [-0.2, -0.15) is 0 Å². The van der Waals surface area contributed by atoms with Crippen LogP contribution in [0.5, 0.6) is 5.75 Å². The third-order valence-electron chi connectivity index (χ3n) is 2.82. The van der Waals surface area contributed by atoms with Crippen molar-refractivity contribution in [1.29, 1.82) is 0 Å². The van der Waals surface area contributed by atoms with Crippen LogP contribution in [0.2, 0.25) is 0 Å². The summed E-state index contributed by atoms with van der Waals surface area (Å²) >= 11 is 2.35. The molecule has 1 aliphatic rings. The van der Waals surface area contributed by atoms with Crippen LogP contribution in [-0.4, -0.2) is 11.6 Å². The second kappa shape index (κ2) is 4.68. The molecule has 1 heterocycles. The Morgan fingerprint density at radius 1 is 1.33 bits per heavy atom. The zero-order valence-corrected chi connectivity index (χ0v) is 11.4. The minimum Gasteiger partial charge on any atom is -0.492 e. The van der Waals surface area contributed by atoms with E-state index in [-0.39, 0.29) is 0 Å². The molecule has 15 heavy (non-hydrogen) atoms. The van der Waals surface area contributed by atoms with E-state index in [0.29, 0.717) is 0 Å². The van der Waals surface area contributed by atoms with Gasteiger partial charge in [-0.25, -0.2) is 0 Å². The van der Waals surface area contributed by atoms with E-state index in [0.717, 1.165) is 30.9 Å². The van der Waals surface area contributed by atoms with Crippen molar-refractivity contribution in [2.24, 2.45) is 0 Å². The smallest absolute Gasteiger partial charge is 0.139 e. The first-order valence-corrected chi connectivity index (χ1v) is 6.62. The van der Waals surface area contributed by atoms with Gasteiger partial charge in [0.05, 0.1) is 15.9 Å².